The Bertz CT molecular complexity index is 701. The molecule has 1 N–H and O–H groups in total. The first kappa shape index (κ1) is 16.3. The minimum absolute atomic E-state index is 0.0728. The molecule has 1 fully saturated rings. The fraction of sp³-hybridized carbons (Fsp3) is 0.471. The molecule has 2 heterocycles. The van der Waals surface area contributed by atoms with Crippen LogP contribution in [0.15, 0.2) is 28.8 Å². The van der Waals surface area contributed by atoms with E-state index in [1.165, 1.54) is 0 Å². The van der Waals surface area contributed by atoms with E-state index in [9.17, 15) is 4.79 Å². The maximum atomic E-state index is 12.3. The Morgan fingerprint density at radius 1 is 1.46 bits per heavy atom. The van der Waals surface area contributed by atoms with Gasteiger partial charge in [0.05, 0.1) is 12.7 Å². The highest BCUT2D eigenvalue weighted by Crippen LogP contribution is 2.33. The van der Waals surface area contributed by atoms with E-state index in [0.29, 0.717) is 30.6 Å². The molecule has 24 heavy (non-hydrogen) atoms. The summed E-state index contributed by atoms with van der Waals surface area (Å²) in [6.07, 6.45) is 2.66. The zero-order valence-electron chi connectivity index (χ0n) is 14.0. The number of methoxy groups -OCH3 is 1. The van der Waals surface area contributed by atoms with Crippen LogP contribution in [0.1, 0.15) is 38.1 Å². The third-order valence-electron chi connectivity index (χ3n) is 4.11. The average molecular weight is 330 g/mol. The number of benzene rings is 1. The standard InChI is InChI=1S/C17H22N4O3/c1-3-10-18-17(22)21-11-6-8-13(21)16-19-15(20-24-16)12-7-4-5-9-14(12)23-2/h4-5,7,9,13H,3,6,8,10-11H2,1-2H3,(H,18,22). The first-order valence-electron chi connectivity index (χ1n) is 8.26. The van der Waals surface area contributed by atoms with Crippen molar-refractivity contribution in [3.05, 3.63) is 30.2 Å². The molecular formula is C17H22N4O3. The highest BCUT2D eigenvalue weighted by atomic mass is 16.5. The van der Waals surface area contributed by atoms with Crippen LogP contribution in [0.25, 0.3) is 11.4 Å². The second kappa shape index (κ2) is 7.33. The number of nitrogens with zero attached hydrogens (tertiary/aromatic N) is 3. The largest absolute Gasteiger partial charge is 0.496 e. The van der Waals surface area contributed by atoms with Crippen molar-refractivity contribution in [3.8, 4) is 17.1 Å². The Hall–Kier alpha value is -2.57. The third-order valence-corrected chi connectivity index (χ3v) is 4.11. The van der Waals surface area contributed by atoms with Crippen LogP contribution in [-0.4, -0.2) is 41.3 Å². The summed E-state index contributed by atoms with van der Waals surface area (Å²) >= 11 is 0. The molecule has 0 aliphatic carbocycles. The molecule has 0 spiro atoms. The van der Waals surface area contributed by atoms with Crippen molar-refractivity contribution in [1.82, 2.24) is 20.4 Å². The Morgan fingerprint density at radius 2 is 2.29 bits per heavy atom. The van der Waals surface area contributed by atoms with Crippen LogP contribution in [0.4, 0.5) is 4.79 Å². The van der Waals surface area contributed by atoms with Crippen molar-refractivity contribution in [1.29, 1.82) is 0 Å². The molecule has 7 nitrogen and oxygen atoms in total. The fourth-order valence-electron chi connectivity index (χ4n) is 2.91. The molecule has 0 saturated carbocycles. The van der Waals surface area contributed by atoms with Crippen molar-refractivity contribution >= 4 is 6.03 Å². The Balaban J connectivity index is 1.81. The van der Waals surface area contributed by atoms with Crippen molar-refractivity contribution in [2.75, 3.05) is 20.2 Å². The lowest BCUT2D eigenvalue weighted by Gasteiger charge is -2.22. The molecule has 1 unspecified atom stereocenters. The van der Waals surface area contributed by atoms with Crippen LogP contribution >= 0.6 is 0 Å². The van der Waals surface area contributed by atoms with Gasteiger partial charge < -0.3 is 19.5 Å². The van der Waals surface area contributed by atoms with E-state index in [2.05, 4.69) is 15.5 Å². The summed E-state index contributed by atoms with van der Waals surface area (Å²) in [5.74, 6) is 1.64. The number of urea groups is 1. The monoisotopic (exact) mass is 330 g/mol. The molecule has 0 bridgehead atoms. The van der Waals surface area contributed by atoms with Gasteiger partial charge in [-0.05, 0) is 31.4 Å². The van der Waals surface area contributed by atoms with Crippen molar-refractivity contribution in [2.24, 2.45) is 0 Å². The van der Waals surface area contributed by atoms with E-state index in [0.717, 1.165) is 24.8 Å². The van der Waals surface area contributed by atoms with Crippen LogP contribution in [0.2, 0.25) is 0 Å². The summed E-state index contributed by atoms with van der Waals surface area (Å²) in [4.78, 5) is 18.5. The van der Waals surface area contributed by atoms with Crippen LogP contribution < -0.4 is 10.1 Å². The molecule has 1 saturated heterocycles. The van der Waals surface area contributed by atoms with Gasteiger partial charge in [-0.1, -0.05) is 24.2 Å². The number of hydrogen-bond donors (Lipinski definition) is 1. The Kier molecular flexibility index (Phi) is 4.98. The Labute approximate surface area is 141 Å². The normalized spacial score (nSPS) is 17.1. The second-order valence-corrected chi connectivity index (χ2v) is 5.74. The van der Waals surface area contributed by atoms with E-state index in [4.69, 9.17) is 9.26 Å². The highest BCUT2D eigenvalue weighted by Gasteiger charge is 2.34. The lowest BCUT2D eigenvalue weighted by molar-refractivity contribution is 0.180. The van der Waals surface area contributed by atoms with Gasteiger partial charge in [-0.2, -0.15) is 4.98 Å². The lowest BCUT2D eigenvalue weighted by atomic mass is 10.2. The number of nitrogens with one attached hydrogen (secondary N) is 1. The zero-order valence-corrected chi connectivity index (χ0v) is 14.0. The molecule has 128 valence electrons. The molecule has 1 aliphatic heterocycles. The first-order chi connectivity index (χ1) is 11.7. The molecule has 2 amide bonds. The second-order valence-electron chi connectivity index (χ2n) is 5.74. The molecule has 2 aromatic rings. The topological polar surface area (TPSA) is 80.5 Å². The van der Waals surface area contributed by atoms with Gasteiger partial charge in [0.2, 0.25) is 11.7 Å². The quantitative estimate of drug-likeness (QED) is 0.911. The Morgan fingerprint density at radius 3 is 3.08 bits per heavy atom. The summed E-state index contributed by atoms with van der Waals surface area (Å²) in [6.45, 7) is 3.39. The number of rotatable bonds is 5. The average Bonchev–Trinajstić information content (AvgIpc) is 3.28. The minimum atomic E-state index is -0.169. The number of hydrogen-bond acceptors (Lipinski definition) is 5. The van der Waals surface area contributed by atoms with Crippen molar-refractivity contribution < 1.29 is 14.1 Å². The predicted molar refractivity (Wildman–Crippen MR) is 88.7 cm³/mol. The van der Waals surface area contributed by atoms with Gasteiger partial charge in [0, 0.05) is 13.1 Å². The van der Waals surface area contributed by atoms with Crippen LogP contribution in [0.3, 0.4) is 0 Å². The van der Waals surface area contributed by atoms with Gasteiger partial charge in [0.25, 0.3) is 0 Å². The van der Waals surface area contributed by atoms with Gasteiger partial charge in [0.1, 0.15) is 11.8 Å². The number of carbonyl (C=O) groups excluding carboxylic acids is 1. The van der Waals surface area contributed by atoms with E-state index >= 15 is 0 Å². The van der Waals surface area contributed by atoms with Gasteiger partial charge in [-0.25, -0.2) is 4.79 Å². The van der Waals surface area contributed by atoms with Gasteiger partial charge in [0.15, 0.2) is 0 Å². The summed E-state index contributed by atoms with van der Waals surface area (Å²) in [6, 6.07) is 7.28. The molecule has 0 radical (unpaired) electrons. The maximum Gasteiger partial charge on any atom is 0.318 e. The first-order valence-corrected chi connectivity index (χ1v) is 8.26. The SMILES string of the molecule is CCCNC(=O)N1CCCC1c1nc(-c2ccccc2OC)no1. The fourth-order valence-corrected chi connectivity index (χ4v) is 2.91. The minimum Gasteiger partial charge on any atom is -0.496 e. The van der Waals surface area contributed by atoms with Gasteiger partial charge in [-0.15, -0.1) is 0 Å². The van der Waals surface area contributed by atoms with Crippen LogP contribution in [0.5, 0.6) is 5.75 Å². The number of para-hydroxylation sites is 1. The van der Waals surface area contributed by atoms with Crippen LogP contribution in [-0.2, 0) is 0 Å². The van der Waals surface area contributed by atoms with E-state index in [1.54, 1.807) is 12.0 Å². The summed E-state index contributed by atoms with van der Waals surface area (Å²) in [5.41, 5.74) is 0.773. The number of ether oxygens (including phenoxy) is 1. The number of likely N-dealkylation sites (tertiary alicyclic amines) is 1. The maximum absolute atomic E-state index is 12.3. The number of aromatic nitrogens is 2. The highest BCUT2D eigenvalue weighted by molar-refractivity contribution is 5.75. The third kappa shape index (κ3) is 3.20. The van der Waals surface area contributed by atoms with Gasteiger partial charge in [-0.3, -0.25) is 0 Å². The zero-order chi connectivity index (χ0) is 16.9. The molecule has 7 heteroatoms. The smallest absolute Gasteiger partial charge is 0.318 e. The van der Waals surface area contributed by atoms with Crippen LogP contribution in [0, 0.1) is 0 Å². The summed E-state index contributed by atoms with van der Waals surface area (Å²) < 4.78 is 10.8. The van der Waals surface area contributed by atoms with Crippen molar-refractivity contribution in [3.63, 3.8) is 0 Å². The summed E-state index contributed by atoms with van der Waals surface area (Å²) in [7, 11) is 1.61. The molecule has 1 atom stereocenters. The molecule has 3 rings (SSSR count). The van der Waals surface area contributed by atoms with E-state index in [-0.39, 0.29) is 12.1 Å². The number of carbonyl (C=O) groups is 1. The molecule has 1 aliphatic rings. The van der Waals surface area contributed by atoms with Crippen molar-refractivity contribution in [2.45, 2.75) is 32.2 Å². The number of amides is 2. The molecule has 1 aromatic carbocycles. The summed E-state index contributed by atoms with van der Waals surface area (Å²) in [5, 5.41) is 6.98. The lowest BCUT2D eigenvalue weighted by Crippen LogP contribution is -2.39. The molecule has 1 aromatic heterocycles. The molecular weight excluding hydrogens is 308 g/mol. The predicted octanol–water partition coefficient (Wildman–Crippen LogP) is 3.00. The van der Waals surface area contributed by atoms with Gasteiger partial charge >= 0.3 is 6.03 Å². The van der Waals surface area contributed by atoms with E-state index < -0.39 is 0 Å². The van der Waals surface area contributed by atoms with E-state index in [1.807, 2.05) is 31.2 Å².